The summed E-state index contributed by atoms with van der Waals surface area (Å²) in [4.78, 5) is 14.6. The molecule has 0 saturated carbocycles. The zero-order valence-electron chi connectivity index (χ0n) is 15.3. The predicted octanol–water partition coefficient (Wildman–Crippen LogP) is 3.34. The number of hydrogen-bond donors (Lipinski definition) is 1. The zero-order valence-corrected chi connectivity index (χ0v) is 16.1. The number of hydrogen-bond acceptors (Lipinski definition) is 4. The molecule has 7 heteroatoms. The van der Waals surface area contributed by atoms with Crippen LogP contribution in [0, 0.1) is 0 Å². The quantitative estimate of drug-likeness (QED) is 0.891. The van der Waals surface area contributed by atoms with E-state index in [4.69, 9.17) is 4.42 Å². The summed E-state index contributed by atoms with van der Waals surface area (Å²) in [6.45, 7) is 5.81. The summed E-state index contributed by atoms with van der Waals surface area (Å²) in [5.74, 6) is -0.299. The molecule has 2 aromatic rings. The maximum absolute atomic E-state index is 13.0. The van der Waals surface area contributed by atoms with E-state index in [0.29, 0.717) is 6.54 Å². The number of fused-ring (bicyclic) bond motifs is 1. The van der Waals surface area contributed by atoms with E-state index in [-0.39, 0.29) is 16.8 Å². The minimum atomic E-state index is -3.82. The third-order valence-electron chi connectivity index (χ3n) is 4.10. The number of rotatable bonds is 3. The van der Waals surface area contributed by atoms with Crippen LogP contribution in [0.1, 0.15) is 49.7 Å². The van der Waals surface area contributed by atoms with Gasteiger partial charge < -0.3 is 9.32 Å². The lowest BCUT2D eigenvalue weighted by Gasteiger charge is -2.22. The Labute approximate surface area is 154 Å². The van der Waals surface area contributed by atoms with Gasteiger partial charge in [0.1, 0.15) is 0 Å². The maximum Gasteiger partial charge on any atom is 0.294 e. The maximum atomic E-state index is 13.0. The average molecular weight is 376 g/mol. The van der Waals surface area contributed by atoms with Crippen molar-refractivity contribution in [2.75, 3.05) is 11.4 Å². The number of nitrogens with one attached hydrogen (secondary N) is 1. The molecular formula is C19H24N2O4S. The van der Waals surface area contributed by atoms with Crippen LogP contribution in [0.3, 0.4) is 0 Å². The van der Waals surface area contributed by atoms with E-state index >= 15 is 0 Å². The van der Waals surface area contributed by atoms with Gasteiger partial charge in [-0.05, 0) is 63.8 Å². The van der Waals surface area contributed by atoms with E-state index in [1.807, 2.05) is 24.3 Å². The third-order valence-corrected chi connectivity index (χ3v) is 5.73. The normalized spacial score (nSPS) is 15.4. The lowest BCUT2D eigenvalue weighted by atomic mass is 10.1. The number of carbonyl (C=O) groups is 1. The molecule has 3 rings (SSSR count). The van der Waals surface area contributed by atoms with Crippen molar-refractivity contribution < 1.29 is 17.6 Å². The van der Waals surface area contributed by atoms with Crippen LogP contribution in [-0.4, -0.2) is 26.4 Å². The van der Waals surface area contributed by atoms with E-state index < -0.39 is 15.6 Å². The summed E-state index contributed by atoms with van der Waals surface area (Å²) < 4.78 is 32.7. The highest BCUT2D eigenvalue weighted by Crippen LogP contribution is 2.28. The Kier molecular flexibility index (Phi) is 4.94. The number of aryl methyl sites for hydroxylation is 1. The van der Waals surface area contributed by atoms with Gasteiger partial charge in [-0.2, -0.15) is 0 Å². The smallest absolute Gasteiger partial charge is 0.294 e. The molecule has 1 aromatic heterocycles. The van der Waals surface area contributed by atoms with Crippen LogP contribution in [-0.2, 0) is 16.4 Å². The first-order valence-electron chi connectivity index (χ1n) is 8.71. The van der Waals surface area contributed by atoms with E-state index in [0.717, 1.165) is 30.5 Å². The van der Waals surface area contributed by atoms with Crippen molar-refractivity contribution in [1.29, 1.82) is 0 Å². The molecule has 6 nitrogen and oxygen atoms in total. The monoisotopic (exact) mass is 376 g/mol. The fraction of sp³-hybridized carbons (Fsp3) is 0.421. The van der Waals surface area contributed by atoms with Gasteiger partial charge in [-0.1, -0.05) is 18.2 Å². The van der Waals surface area contributed by atoms with Gasteiger partial charge in [-0.3, -0.25) is 4.79 Å². The molecule has 1 N–H and O–H groups in total. The van der Waals surface area contributed by atoms with Gasteiger partial charge in [-0.15, -0.1) is 0 Å². The second-order valence-corrected chi connectivity index (χ2v) is 9.13. The molecule has 0 atom stereocenters. The molecule has 1 amide bonds. The number of nitrogens with zero attached hydrogens (tertiary/aromatic N) is 1. The molecule has 1 aliphatic rings. The summed E-state index contributed by atoms with van der Waals surface area (Å²) in [6, 6.07) is 10.5. The van der Waals surface area contributed by atoms with Crippen LogP contribution in [0.25, 0.3) is 0 Å². The van der Waals surface area contributed by atoms with E-state index in [1.54, 1.807) is 25.7 Å². The molecule has 0 spiro atoms. The molecule has 0 saturated heterocycles. The van der Waals surface area contributed by atoms with Gasteiger partial charge in [0.15, 0.2) is 5.76 Å². The Morgan fingerprint density at radius 2 is 1.85 bits per heavy atom. The van der Waals surface area contributed by atoms with Crippen molar-refractivity contribution >= 4 is 21.6 Å². The van der Waals surface area contributed by atoms with Crippen LogP contribution in [0.2, 0.25) is 0 Å². The summed E-state index contributed by atoms with van der Waals surface area (Å²) >= 11 is 0. The molecular weight excluding hydrogens is 352 g/mol. The highest BCUT2D eigenvalue weighted by molar-refractivity contribution is 7.89. The number of benzene rings is 1. The first-order valence-corrected chi connectivity index (χ1v) is 10.2. The van der Waals surface area contributed by atoms with Crippen molar-refractivity contribution in [3.8, 4) is 0 Å². The van der Waals surface area contributed by atoms with Crippen LogP contribution in [0.15, 0.2) is 45.9 Å². The predicted molar refractivity (Wildman–Crippen MR) is 99.8 cm³/mol. The van der Waals surface area contributed by atoms with E-state index in [2.05, 4.69) is 4.72 Å². The van der Waals surface area contributed by atoms with Crippen LogP contribution in [0.5, 0.6) is 0 Å². The van der Waals surface area contributed by atoms with Gasteiger partial charge in [0, 0.05) is 17.8 Å². The van der Waals surface area contributed by atoms with Gasteiger partial charge in [0.2, 0.25) is 5.09 Å². The van der Waals surface area contributed by atoms with Gasteiger partial charge in [0.05, 0.1) is 0 Å². The average Bonchev–Trinajstić information content (AvgIpc) is 2.95. The van der Waals surface area contributed by atoms with Crippen molar-refractivity contribution in [2.24, 2.45) is 0 Å². The van der Waals surface area contributed by atoms with Gasteiger partial charge in [0.25, 0.3) is 15.9 Å². The molecule has 26 heavy (non-hydrogen) atoms. The number of furan rings is 1. The Hall–Kier alpha value is -2.12. The Balaban J connectivity index is 1.89. The SMILES string of the molecule is CC(C)(C)NS(=O)(=O)c1ccc(C(=O)N2CCCCc3ccccc32)o1. The van der Waals surface area contributed by atoms with Crippen molar-refractivity contribution in [1.82, 2.24) is 4.72 Å². The second-order valence-electron chi connectivity index (χ2n) is 7.52. The van der Waals surface area contributed by atoms with E-state index in [9.17, 15) is 13.2 Å². The van der Waals surface area contributed by atoms with Crippen molar-refractivity contribution in [2.45, 2.75) is 50.7 Å². The minimum Gasteiger partial charge on any atom is -0.438 e. The van der Waals surface area contributed by atoms with Crippen molar-refractivity contribution in [3.05, 3.63) is 47.7 Å². The lowest BCUT2D eigenvalue weighted by Crippen LogP contribution is -2.40. The number of amides is 1. The largest absolute Gasteiger partial charge is 0.438 e. The highest BCUT2D eigenvalue weighted by atomic mass is 32.2. The summed E-state index contributed by atoms with van der Waals surface area (Å²) in [5.41, 5.74) is 1.34. The zero-order chi connectivity index (χ0) is 18.9. The topological polar surface area (TPSA) is 79.6 Å². The summed E-state index contributed by atoms with van der Waals surface area (Å²) in [7, 11) is -3.82. The van der Waals surface area contributed by atoms with Crippen molar-refractivity contribution in [3.63, 3.8) is 0 Å². The first-order chi connectivity index (χ1) is 12.2. The highest BCUT2D eigenvalue weighted by Gasteiger charge is 2.29. The van der Waals surface area contributed by atoms with Crippen LogP contribution < -0.4 is 9.62 Å². The van der Waals surface area contributed by atoms with E-state index in [1.165, 1.54) is 12.1 Å². The molecule has 140 valence electrons. The van der Waals surface area contributed by atoms with Gasteiger partial charge >= 0.3 is 0 Å². The fourth-order valence-electron chi connectivity index (χ4n) is 3.07. The molecule has 0 radical (unpaired) electrons. The third kappa shape index (κ3) is 3.99. The molecule has 1 aromatic carbocycles. The molecule has 0 bridgehead atoms. The number of para-hydroxylation sites is 1. The Bertz CT molecular complexity index is 910. The molecule has 0 fully saturated rings. The van der Waals surface area contributed by atoms with Crippen LogP contribution >= 0.6 is 0 Å². The fourth-order valence-corrected chi connectivity index (χ4v) is 4.42. The minimum absolute atomic E-state index is 0.0241. The number of anilines is 1. The molecule has 0 unspecified atom stereocenters. The molecule has 0 aliphatic carbocycles. The number of sulfonamides is 1. The van der Waals surface area contributed by atoms with Crippen LogP contribution in [0.4, 0.5) is 5.69 Å². The molecule has 1 aliphatic heterocycles. The second kappa shape index (κ2) is 6.89. The van der Waals surface area contributed by atoms with Gasteiger partial charge in [-0.25, -0.2) is 13.1 Å². The summed E-state index contributed by atoms with van der Waals surface area (Å²) in [6.07, 6.45) is 2.82. The molecule has 2 heterocycles. The Morgan fingerprint density at radius 1 is 1.12 bits per heavy atom. The summed E-state index contributed by atoms with van der Waals surface area (Å²) in [5, 5.41) is -0.251. The Morgan fingerprint density at radius 3 is 2.58 bits per heavy atom. The standard InChI is InChI=1S/C19H24N2O4S/c1-19(2,3)20-26(23,24)17-12-11-16(25-17)18(22)21-13-7-6-9-14-8-4-5-10-15(14)21/h4-5,8,10-12,20H,6-7,9,13H2,1-3H3. The first kappa shape index (κ1) is 18.7. The number of carbonyl (C=O) groups excluding carboxylic acids is 1. The lowest BCUT2D eigenvalue weighted by molar-refractivity contribution is 0.0955.